The molecule has 0 heterocycles. The maximum absolute atomic E-state index is 10.1. The Hall–Kier alpha value is -0.560. The predicted molar refractivity (Wildman–Crippen MR) is 135 cm³/mol. The van der Waals surface area contributed by atoms with Crippen molar-refractivity contribution in [1.82, 2.24) is 0 Å². The van der Waals surface area contributed by atoms with Crippen molar-refractivity contribution in [2.75, 3.05) is 0 Å². The van der Waals surface area contributed by atoms with Crippen LogP contribution >= 0.6 is 0 Å². The van der Waals surface area contributed by atoms with Gasteiger partial charge in [0.15, 0.2) is 0 Å². The number of rotatable bonds is 6. The van der Waals surface area contributed by atoms with E-state index in [4.69, 9.17) is 0 Å². The molecule has 3 fully saturated rings. The van der Waals surface area contributed by atoms with E-state index in [0.717, 1.165) is 30.6 Å². The van der Waals surface area contributed by atoms with Gasteiger partial charge in [-0.05, 0) is 106 Å². The van der Waals surface area contributed by atoms with E-state index in [1.54, 1.807) is 11.1 Å². The van der Waals surface area contributed by atoms with Crippen molar-refractivity contribution in [3.05, 3.63) is 23.3 Å². The van der Waals surface area contributed by atoms with Crippen molar-refractivity contribution in [3.63, 3.8) is 0 Å². The van der Waals surface area contributed by atoms with Crippen molar-refractivity contribution in [1.29, 1.82) is 0 Å². The summed E-state index contributed by atoms with van der Waals surface area (Å²) in [5, 5.41) is 10.1. The molecule has 0 unspecified atom stereocenters. The maximum Gasteiger partial charge on any atom is 0.0591 e. The largest absolute Gasteiger partial charge is 0.390 e. The van der Waals surface area contributed by atoms with Gasteiger partial charge < -0.3 is 5.11 Å². The predicted octanol–water partition coefficient (Wildman–Crippen LogP) is 8.87. The summed E-state index contributed by atoms with van der Waals surface area (Å²) >= 11 is 0. The fourth-order valence-corrected chi connectivity index (χ4v) is 8.33. The zero-order valence-corrected chi connectivity index (χ0v) is 22.1. The summed E-state index contributed by atoms with van der Waals surface area (Å²) in [4.78, 5) is 0. The molecule has 0 aromatic rings. The number of allylic oxidation sites excluding steroid dienone is 4. The molecule has 1 heteroatoms. The Morgan fingerprint density at radius 2 is 1.68 bits per heavy atom. The molecule has 1 N–H and O–H groups in total. The van der Waals surface area contributed by atoms with Crippen molar-refractivity contribution < 1.29 is 5.11 Å². The van der Waals surface area contributed by atoms with E-state index in [1.807, 2.05) is 13.8 Å². The van der Waals surface area contributed by atoms with Gasteiger partial charge in [0.05, 0.1) is 5.60 Å². The van der Waals surface area contributed by atoms with Crippen molar-refractivity contribution >= 4 is 0 Å². The minimum absolute atomic E-state index is 0.435. The molecule has 0 radical (unpaired) electrons. The van der Waals surface area contributed by atoms with E-state index in [9.17, 15) is 5.11 Å². The summed E-state index contributed by atoms with van der Waals surface area (Å²) in [5.41, 5.74) is 4.28. The minimum Gasteiger partial charge on any atom is -0.390 e. The number of hydrogen-bond donors (Lipinski definition) is 1. The summed E-state index contributed by atoms with van der Waals surface area (Å²) < 4.78 is 0. The molecular weight excluding hydrogens is 376 g/mol. The summed E-state index contributed by atoms with van der Waals surface area (Å²) in [6.07, 6.45) is 19.2. The Bertz CT molecular complexity index is 668. The van der Waals surface area contributed by atoms with Crippen LogP contribution in [0, 0.1) is 34.0 Å². The summed E-state index contributed by atoms with van der Waals surface area (Å²) in [7, 11) is 0. The van der Waals surface area contributed by atoms with E-state index < -0.39 is 5.60 Å². The molecule has 178 valence electrons. The van der Waals surface area contributed by atoms with Crippen LogP contribution in [0.1, 0.15) is 126 Å². The standard InChI is InChI=1S/C30H52O/c1-22(11-9-17-29(6,7)31)25-15-16-26-24(12-10-18-30(25,26)8)14-13-23-19-27(2,3)21-28(4,5)20-23/h13-14,22,25-26,31H,9-12,15-21H2,1-8H3/b24-14+/t22-,25-,26+,30-/m1/s1. The molecule has 3 aliphatic rings. The fraction of sp³-hybridized carbons (Fsp3) is 0.867. The van der Waals surface area contributed by atoms with Crippen LogP contribution < -0.4 is 0 Å². The lowest BCUT2D eigenvalue weighted by Crippen LogP contribution is -2.36. The van der Waals surface area contributed by atoms with Gasteiger partial charge in [-0.15, -0.1) is 0 Å². The molecule has 3 rings (SSSR count). The molecule has 0 aromatic heterocycles. The third-order valence-electron chi connectivity index (χ3n) is 9.07. The Morgan fingerprint density at radius 1 is 1.03 bits per heavy atom. The van der Waals surface area contributed by atoms with Gasteiger partial charge in [0.1, 0.15) is 0 Å². The molecule has 4 atom stereocenters. The van der Waals surface area contributed by atoms with Gasteiger partial charge in [0.2, 0.25) is 0 Å². The van der Waals surface area contributed by atoms with Crippen molar-refractivity contribution in [2.24, 2.45) is 34.0 Å². The molecule has 0 bridgehead atoms. The fourth-order valence-electron chi connectivity index (χ4n) is 8.33. The van der Waals surface area contributed by atoms with Crippen molar-refractivity contribution in [3.8, 4) is 0 Å². The quantitative estimate of drug-likeness (QED) is 0.448. The van der Waals surface area contributed by atoms with Crippen LogP contribution in [-0.2, 0) is 0 Å². The van der Waals surface area contributed by atoms with Crippen LogP contribution in [0.15, 0.2) is 23.3 Å². The second-order valence-electron chi connectivity index (χ2n) is 14.2. The monoisotopic (exact) mass is 428 g/mol. The molecule has 0 spiro atoms. The topological polar surface area (TPSA) is 20.2 Å². The first kappa shape index (κ1) is 25.1. The number of fused-ring (bicyclic) bond motifs is 1. The second kappa shape index (κ2) is 9.00. The van der Waals surface area contributed by atoms with E-state index in [2.05, 4.69) is 53.7 Å². The van der Waals surface area contributed by atoms with E-state index >= 15 is 0 Å². The Balaban J connectivity index is 1.70. The van der Waals surface area contributed by atoms with Gasteiger partial charge in [-0.25, -0.2) is 0 Å². The lowest BCUT2D eigenvalue weighted by molar-refractivity contribution is 0.0596. The zero-order chi connectivity index (χ0) is 23.1. The minimum atomic E-state index is -0.516. The molecule has 0 saturated heterocycles. The molecule has 0 amide bonds. The third kappa shape index (κ3) is 6.27. The Kier molecular flexibility index (Phi) is 7.28. The lowest BCUT2D eigenvalue weighted by atomic mass is 9.60. The Labute approximate surface area is 194 Å². The highest BCUT2D eigenvalue weighted by atomic mass is 16.3. The summed E-state index contributed by atoms with van der Waals surface area (Å²) in [5.74, 6) is 2.42. The Morgan fingerprint density at radius 3 is 2.29 bits per heavy atom. The molecule has 31 heavy (non-hydrogen) atoms. The average Bonchev–Trinajstić information content (AvgIpc) is 2.93. The van der Waals surface area contributed by atoms with Gasteiger partial charge in [0.25, 0.3) is 0 Å². The second-order valence-corrected chi connectivity index (χ2v) is 14.2. The van der Waals surface area contributed by atoms with Crippen LogP contribution in [0.4, 0.5) is 0 Å². The van der Waals surface area contributed by atoms with Crippen molar-refractivity contribution in [2.45, 2.75) is 132 Å². The highest BCUT2D eigenvalue weighted by Gasteiger charge is 2.50. The molecule has 0 aliphatic heterocycles. The third-order valence-corrected chi connectivity index (χ3v) is 9.07. The van der Waals surface area contributed by atoms with Gasteiger partial charge in [0, 0.05) is 0 Å². The van der Waals surface area contributed by atoms with E-state index in [1.165, 1.54) is 57.8 Å². The molecule has 3 saturated carbocycles. The van der Waals surface area contributed by atoms with Crippen LogP contribution in [0.5, 0.6) is 0 Å². The first-order valence-electron chi connectivity index (χ1n) is 13.3. The summed E-state index contributed by atoms with van der Waals surface area (Å²) in [6, 6.07) is 0. The average molecular weight is 429 g/mol. The SMILES string of the molecule is C[C@H](CCCC(C)(C)O)[C@H]1CC[C@H]2/C(=C/C=C3CC(C)(C)CC(C)(C)C3)CCC[C@]12C. The van der Waals surface area contributed by atoms with Gasteiger partial charge >= 0.3 is 0 Å². The highest BCUT2D eigenvalue weighted by Crippen LogP contribution is 2.60. The van der Waals surface area contributed by atoms with Crippen LogP contribution in [-0.4, -0.2) is 10.7 Å². The van der Waals surface area contributed by atoms with Gasteiger partial charge in [-0.1, -0.05) is 77.7 Å². The van der Waals surface area contributed by atoms with Crippen LogP contribution in [0.2, 0.25) is 0 Å². The molecule has 0 aromatic carbocycles. The molecular formula is C30H52O. The van der Waals surface area contributed by atoms with Gasteiger partial charge in [-0.2, -0.15) is 0 Å². The highest BCUT2D eigenvalue weighted by molar-refractivity contribution is 5.26. The normalized spacial score (nSPS) is 35.1. The summed E-state index contributed by atoms with van der Waals surface area (Å²) in [6.45, 7) is 18.8. The van der Waals surface area contributed by atoms with Crippen LogP contribution in [0.3, 0.4) is 0 Å². The molecule has 1 nitrogen and oxygen atoms in total. The van der Waals surface area contributed by atoms with E-state index in [0.29, 0.717) is 16.2 Å². The van der Waals surface area contributed by atoms with Crippen LogP contribution in [0.25, 0.3) is 0 Å². The zero-order valence-electron chi connectivity index (χ0n) is 22.1. The number of hydrogen-bond acceptors (Lipinski definition) is 1. The molecule has 3 aliphatic carbocycles. The number of aliphatic hydroxyl groups is 1. The first-order chi connectivity index (χ1) is 14.2. The van der Waals surface area contributed by atoms with E-state index in [-0.39, 0.29) is 0 Å². The lowest BCUT2D eigenvalue weighted by Gasteiger charge is -2.44. The van der Waals surface area contributed by atoms with Gasteiger partial charge in [-0.3, -0.25) is 0 Å². The first-order valence-corrected chi connectivity index (χ1v) is 13.3. The smallest absolute Gasteiger partial charge is 0.0591 e. The maximum atomic E-state index is 10.1.